The fraction of sp³-hybridized carbons (Fsp3) is 0.182. The van der Waals surface area contributed by atoms with Crippen LogP contribution in [0, 0.1) is 18.3 Å². The molecule has 0 bridgehead atoms. The number of benzene rings is 3. The number of rotatable bonds is 2. The topological polar surface area (TPSA) is 47.3 Å². The van der Waals surface area contributed by atoms with Crippen LogP contribution in [0.1, 0.15) is 27.9 Å². The van der Waals surface area contributed by atoms with Gasteiger partial charge in [-0.3, -0.25) is 9.80 Å². The Bertz CT molecular complexity index is 1030. The molecule has 1 aliphatic heterocycles. The SMILES string of the molecule is Cc1ccccc1C(=O)N1CCCN1c1ccc(C#N)c2ccccc12. The molecular formula is C22H19N3O. The predicted octanol–water partition coefficient (Wildman–Crippen LogP) is 4.29. The number of fused-ring (bicyclic) bond motifs is 1. The summed E-state index contributed by atoms with van der Waals surface area (Å²) in [5, 5.41) is 15.2. The first-order valence-corrected chi connectivity index (χ1v) is 8.77. The highest BCUT2D eigenvalue weighted by molar-refractivity contribution is 6.01. The average Bonchev–Trinajstić information content (AvgIpc) is 3.16. The first-order chi connectivity index (χ1) is 12.7. The quantitative estimate of drug-likeness (QED) is 0.699. The standard InChI is InChI=1S/C22H19N3O/c1-16-7-2-3-8-18(16)22(26)25-14-6-13-24(25)21-12-11-17(15-23)19-9-4-5-10-20(19)21/h2-5,7-12H,6,13-14H2,1H3. The van der Waals surface area contributed by atoms with Crippen LogP contribution in [-0.2, 0) is 0 Å². The van der Waals surface area contributed by atoms with E-state index in [2.05, 4.69) is 11.1 Å². The number of amides is 1. The van der Waals surface area contributed by atoms with Gasteiger partial charge in [0.25, 0.3) is 5.91 Å². The predicted molar refractivity (Wildman–Crippen MR) is 103 cm³/mol. The second kappa shape index (κ2) is 6.53. The fourth-order valence-electron chi connectivity index (χ4n) is 3.63. The zero-order valence-corrected chi connectivity index (χ0v) is 14.6. The summed E-state index contributed by atoms with van der Waals surface area (Å²) in [5.41, 5.74) is 3.34. The summed E-state index contributed by atoms with van der Waals surface area (Å²) in [6.45, 7) is 3.44. The van der Waals surface area contributed by atoms with Gasteiger partial charge in [-0.15, -0.1) is 0 Å². The van der Waals surface area contributed by atoms with E-state index in [1.54, 1.807) is 0 Å². The molecule has 0 aromatic heterocycles. The van der Waals surface area contributed by atoms with Crippen LogP contribution in [0.25, 0.3) is 10.8 Å². The van der Waals surface area contributed by atoms with E-state index in [1.807, 2.05) is 72.6 Å². The minimum Gasteiger partial charge on any atom is -0.282 e. The number of nitrogens with zero attached hydrogens (tertiary/aromatic N) is 3. The lowest BCUT2D eigenvalue weighted by Crippen LogP contribution is -2.41. The first-order valence-electron chi connectivity index (χ1n) is 8.77. The third-order valence-electron chi connectivity index (χ3n) is 4.94. The van der Waals surface area contributed by atoms with E-state index in [4.69, 9.17) is 0 Å². The van der Waals surface area contributed by atoms with Crippen molar-refractivity contribution in [3.63, 3.8) is 0 Å². The molecule has 0 spiro atoms. The van der Waals surface area contributed by atoms with E-state index in [-0.39, 0.29) is 5.91 Å². The Hall–Kier alpha value is -3.32. The molecule has 128 valence electrons. The molecule has 0 unspecified atom stereocenters. The van der Waals surface area contributed by atoms with Gasteiger partial charge in [0.1, 0.15) is 0 Å². The Morgan fingerprint density at radius 3 is 2.46 bits per heavy atom. The molecule has 0 radical (unpaired) electrons. The summed E-state index contributed by atoms with van der Waals surface area (Å²) >= 11 is 0. The number of carbonyl (C=O) groups excluding carboxylic acids is 1. The molecule has 26 heavy (non-hydrogen) atoms. The summed E-state index contributed by atoms with van der Waals surface area (Å²) in [5.74, 6) is 0.0223. The van der Waals surface area contributed by atoms with Crippen molar-refractivity contribution >= 4 is 22.4 Å². The van der Waals surface area contributed by atoms with Gasteiger partial charge in [-0.05, 0) is 37.1 Å². The largest absolute Gasteiger partial charge is 0.282 e. The van der Waals surface area contributed by atoms with Gasteiger partial charge in [0, 0.05) is 29.4 Å². The highest BCUT2D eigenvalue weighted by atomic mass is 16.2. The Morgan fingerprint density at radius 2 is 1.69 bits per heavy atom. The van der Waals surface area contributed by atoms with E-state index in [0.717, 1.165) is 40.6 Å². The summed E-state index contributed by atoms with van der Waals surface area (Å²) in [6.07, 6.45) is 0.923. The molecule has 4 nitrogen and oxygen atoms in total. The van der Waals surface area contributed by atoms with E-state index in [9.17, 15) is 10.1 Å². The van der Waals surface area contributed by atoms with Crippen LogP contribution < -0.4 is 5.01 Å². The minimum atomic E-state index is 0.0223. The number of nitriles is 1. The molecule has 3 aromatic rings. The van der Waals surface area contributed by atoms with Gasteiger partial charge in [0.2, 0.25) is 0 Å². The van der Waals surface area contributed by atoms with Crippen molar-refractivity contribution < 1.29 is 4.79 Å². The maximum absolute atomic E-state index is 13.1. The third kappa shape index (κ3) is 2.58. The maximum Gasteiger partial charge on any atom is 0.272 e. The maximum atomic E-state index is 13.1. The van der Waals surface area contributed by atoms with E-state index >= 15 is 0 Å². The number of hydrogen-bond acceptors (Lipinski definition) is 3. The highest BCUT2D eigenvalue weighted by Gasteiger charge is 2.29. The van der Waals surface area contributed by atoms with Crippen LogP contribution in [0.3, 0.4) is 0 Å². The molecule has 4 heteroatoms. The molecule has 0 saturated carbocycles. The first kappa shape index (κ1) is 16.2. The number of hydrazine groups is 1. The number of carbonyl (C=O) groups is 1. The lowest BCUT2D eigenvalue weighted by molar-refractivity contribution is 0.0776. The summed E-state index contributed by atoms with van der Waals surface area (Å²) in [4.78, 5) is 13.1. The van der Waals surface area contributed by atoms with Crippen LogP contribution in [-0.4, -0.2) is 24.0 Å². The zero-order valence-electron chi connectivity index (χ0n) is 14.6. The molecule has 1 fully saturated rings. The molecule has 1 heterocycles. The Labute approximate surface area is 152 Å². The van der Waals surface area contributed by atoms with Crippen molar-refractivity contribution in [2.75, 3.05) is 18.1 Å². The van der Waals surface area contributed by atoms with Crippen molar-refractivity contribution in [3.05, 3.63) is 77.4 Å². The van der Waals surface area contributed by atoms with Crippen LogP contribution in [0.2, 0.25) is 0 Å². The van der Waals surface area contributed by atoms with Gasteiger partial charge in [0.15, 0.2) is 0 Å². The van der Waals surface area contributed by atoms with Crippen LogP contribution >= 0.6 is 0 Å². The van der Waals surface area contributed by atoms with Crippen LogP contribution in [0.4, 0.5) is 5.69 Å². The minimum absolute atomic E-state index is 0.0223. The third-order valence-corrected chi connectivity index (χ3v) is 4.94. The second-order valence-corrected chi connectivity index (χ2v) is 6.51. The second-order valence-electron chi connectivity index (χ2n) is 6.51. The van der Waals surface area contributed by atoms with Gasteiger partial charge in [-0.1, -0.05) is 42.5 Å². The monoisotopic (exact) mass is 341 g/mol. The molecule has 4 rings (SSSR count). The molecular weight excluding hydrogens is 322 g/mol. The van der Waals surface area contributed by atoms with Crippen molar-refractivity contribution in [2.24, 2.45) is 0 Å². The van der Waals surface area contributed by atoms with E-state index in [1.165, 1.54) is 0 Å². The zero-order chi connectivity index (χ0) is 18.1. The number of anilines is 1. The van der Waals surface area contributed by atoms with Gasteiger partial charge in [-0.25, -0.2) is 5.01 Å². The smallest absolute Gasteiger partial charge is 0.272 e. The highest BCUT2D eigenvalue weighted by Crippen LogP contribution is 2.33. The van der Waals surface area contributed by atoms with Gasteiger partial charge in [-0.2, -0.15) is 5.26 Å². The lowest BCUT2D eigenvalue weighted by Gasteiger charge is -2.31. The normalized spacial score (nSPS) is 13.8. The fourth-order valence-corrected chi connectivity index (χ4v) is 3.63. The van der Waals surface area contributed by atoms with E-state index < -0.39 is 0 Å². The molecule has 1 aliphatic rings. The van der Waals surface area contributed by atoms with Crippen molar-refractivity contribution in [3.8, 4) is 6.07 Å². The molecule has 1 saturated heterocycles. The summed E-state index contributed by atoms with van der Waals surface area (Å²) in [7, 11) is 0. The van der Waals surface area contributed by atoms with Crippen molar-refractivity contribution in [1.82, 2.24) is 5.01 Å². The lowest BCUT2D eigenvalue weighted by atomic mass is 10.0. The van der Waals surface area contributed by atoms with Gasteiger partial charge in [0.05, 0.1) is 17.3 Å². The number of aryl methyl sites for hydroxylation is 1. The molecule has 0 aliphatic carbocycles. The summed E-state index contributed by atoms with van der Waals surface area (Å²) < 4.78 is 0. The molecule has 3 aromatic carbocycles. The molecule has 1 amide bonds. The Kier molecular flexibility index (Phi) is 4.06. The Balaban J connectivity index is 1.79. The van der Waals surface area contributed by atoms with Gasteiger partial charge >= 0.3 is 0 Å². The number of hydrogen-bond donors (Lipinski definition) is 0. The van der Waals surface area contributed by atoms with Crippen molar-refractivity contribution in [2.45, 2.75) is 13.3 Å². The van der Waals surface area contributed by atoms with Crippen molar-refractivity contribution in [1.29, 1.82) is 5.26 Å². The Morgan fingerprint density at radius 1 is 0.962 bits per heavy atom. The average molecular weight is 341 g/mol. The van der Waals surface area contributed by atoms with Crippen LogP contribution in [0.15, 0.2) is 60.7 Å². The molecule has 0 N–H and O–H groups in total. The molecule has 0 atom stereocenters. The summed E-state index contributed by atoms with van der Waals surface area (Å²) in [6, 6.07) is 21.6. The van der Waals surface area contributed by atoms with E-state index in [0.29, 0.717) is 12.1 Å². The van der Waals surface area contributed by atoms with Gasteiger partial charge < -0.3 is 0 Å². The van der Waals surface area contributed by atoms with Crippen LogP contribution in [0.5, 0.6) is 0 Å².